The van der Waals surface area contributed by atoms with Gasteiger partial charge in [0, 0.05) is 0 Å². The van der Waals surface area contributed by atoms with Crippen LogP contribution in [0, 0.1) is 5.41 Å². The summed E-state index contributed by atoms with van der Waals surface area (Å²) < 4.78 is 0. The molecule has 1 rings (SSSR count). The molecule has 1 aliphatic heterocycles. The van der Waals surface area contributed by atoms with Gasteiger partial charge in [-0.15, -0.1) is 0 Å². The van der Waals surface area contributed by atoms with E-state index in [1.54, 1.807) is 19.1 Å². The van der Waals surface area contributed by atoms with Crippen molar-refractivity contribution in [3.63, 3.8) is 0 Å². The minimum absolute atomic E-state index is 0. The van der Waals surface area contributed by atoms with Gasteiger partial charge in [-0.05, 0) is 19.8 Å². The standard InChI is InChI=1S/C10H14N2O3.Na/c1-3-5-6-10(4-2)7(13)11-9(15)12-8(10)14;/h3,5H,4,6H2,1-2H3,(H2,11,12,13,14,15);/q;+1/b5-3+;. The average Bonchev–Trinajstić information content (AvgIpc) is 2.17. The summed E-state index contributed by atoms with van der Waals surface area (Å²) in [4.78, 5) is 34.2. The molecular weight excluding hydrogens is 219 g/mol. The van der Waals surface area contributed by atoms with Gasteiger partial charge in [-0.25, -0.2) is 4.79 Å². The van der Waals surface area contributed by atoms with E-state index >= 15 is 0 Å². The number of imide groups is 2. The number of amides is 4. The Kier molecular flexibility index (Phi) is 5.92. The number of hydrogen-bond acceptors (Lipinski definition) is 3. The Balaban J connectivity index is 0.00000225. The van der Waals surface area contributed by atoms with Crippen LogP contribution in [-0.2, 0) is 9.59 Å². The van der Waals surface area contributed by atoms with Gasteiger partial charge in [-0.3, -0.25) is 20.2 Å². The first kappa shape index (κ1) is 15.3. The molecule has 0 aromatic rings. The fraction of sp³-hybridized carbons (Fsp3) is 0.500. The summed E-state index contributed by atoms with van der Waals surface area (Å²) in [6, 6.07) is -0.741. The number of carbonyl (C=O) groups is 3. The molecule has 5 nitrogen and oxygen atoms in total. The number of carbonyl (C=O) groups excluding carboxylic acids is 3. The summed E-state index contributed by atoms with van der Waals surface area (Å²) in [7, 11) is 0. The molecule has 0 spiro atoms. The Hall–Kier alpha value is -0.650. The van der Waals surface area contributed by atoms with E-state index in [1.807, 2.05) is 6.92 Å². The maximum absolute atomic E-state index is 11.6. The van der Waals surface area contributed by atoms with Crippen LogP contribution in [0.3, 0.4) is 0 Å². The third-order valence-electron chi connectivity index (χ3n) is 2.63. The second-order valence-corrected chi connectivity index (χ2v) is 3.45. The van der Waals surface area contributed by atoms with Gasteiger partial charge >= 0.3 is 35.6 Å². The van der Waals surface area contributed by atoms with Crippen LogP contribution in [0.5, 0.6) is 0 Å². The van der Waals surface area contributed by atoms with Crippen LogP contribution in [0.25, 0.3) is 0 Å². The minimum Gasteiger partial charge on any atom is -0.277 e. The fourth-order valence-corrected chi connectivity index (χ4v) is 1.55. The molecule has 1 saturated heterocycles. The van der Waals surface area contributed by atoms with Gasteiger partial charge in [0.1, 0.15) is 5.41 Å². The summed E-state index contributed by atoms with van der Waals surface area (Å²) in [5.41, 5.74) is -1.14. The van der Waals surface area contributed by atoms with Gasteiger partial charge in [-0.2, -0.15) is 0 Å². The van der Waals surface area contributed by atoms with Gasteiger partial charge in [0.15, 0.2) is 0 Å². The number of allylic oxidation sites excluding steroid dienone is 2. The number of urea groups is 1. The fourth-order valence-electron chi connectivity index (χ4n) is 1.55. The molecule has 6 heteroatoms. The average molecular weight is 233 g/mol. The van der Waals surface area contributed by atoms with Crippen LogP contribution in [0.15, 0.2) is 12.2 Å². The Morgan fingerprint density at radius 2 is 1.69 bits per heavy atom. The third-order valence-corrected chi connectivity index (χ3v) is 2.63. The molecule has 1 fully saturated rings. The first-order valence-electron chi connectivity index (χ1n) is 4.85. The van der Waals surface area contributed by atoms with E-state index in [1.165, 1.54) is 0 Å². The van der Waals surface area contributed by atoms with E-state index in [9.17, 15) is 14.4 Å². The van der Waals surface area contributed by atoms with Crippen molar-refractivity contribution in [3.05, 3.63) is 12.2 Å². The van der Waals surface area contributed by atoms with Crippen LogP contribution in [0.2, 0.25) is 0 Å². The zero-order valence-electron chi connectivity index (χ0n) is 9.79. The van der Waals surface area contributed by atoms with E-state index in [2.05, 4.69) is 10.6 Å². The van der Waals surface area contributed by atoms with Gasteiger partial charge in [0.2, 0.25) is 11.8 Å². The summed E-state index contributed by atoms with van der Waals surface area (Å²) in [6.07, 6.45) is 4.19. The van der Waals surface area contributed by atoms with Crippen LogP contribution >= 0.6 is 0 Å². The maximum atomic E-state index is 11.6. The van der Waals surface area contributed by atoms with Gasteiger partial charge in [-0.1, -0.05) is 19.1 Å². The first-order chi connectivity index (χ1) is 7.06. The molecular formula is C10H14N2NaO3+. The molecule has 0 aromatic heterocycles. The maximum Gasteiger partial charge on any atom is 1.00 e. The predicted molar refractivity (Wildman–Crippen MR) is 53.8 cm³/mol. The quantitative estimate of drug-likeness (QED) is 0.327. The van der Waals surface area contributed by atoms with Crippen LogP contribution in [0.1, 0.15) is 26.7 Å². The summed E-state index contributed by atoms with van der Waals surface area (Å²) in [5, 5.41) is 4.23. The number of barbiturate groups is 1. The molecule has 0 bridgehead atoms. The summed E-state index contributed by atoms with van der Waals surface area (Å²) in [6.45, 7) is 3.56. The first-order valence-corrected chi connectivity index (χ1v) is 4.85. The Labute approximate surface area is 116 Å². The van der Waals surface area contributed by atoms with Crippen LogP contribution in [0.4, 0.5) is 4.79 Å². The van der Waals surface area contributed by atoms with E-state index in [4.69, 9.17) is 0 Å². The second-order valence-electron chi connectivity index (χ2n) is 3.45. The number of hydrogen-bond donors (Lipinski definition) is 2. The van der Waals surface area contributed by atoms with Crippen molar-refractivity contribution in [2.75, 3.05) is 0 Å². The summed E-state index contributed by atoms with van der Waals surface area (Å²) in [5.74, 6) is -1.03. The molecule has 0 unspecified atom stereocenters. The predicted octanol–water partition coefficient (Wildman–Crippen LogP) is -2.28. The Morgan fingerprint density at radius 3 is 2.06 bits per heavy atom. The largest absolute Gasteiger partial charge is 1.00 e. The molecule has 2 N–H and O–H groups in total. The molecule has 0 aromatic carbocycles. The zero-order chi connectivity index (χ0) is 11.5. The van der Waals surface area contributed by atoms with Crippen molar-refractivity contribution in [3.8, 4) is 0 Å². The van der Waals surface area contributed by atoms with Crippen molar-refractivity contribution in [2.24, 2.45) is 5.41 Å². The second kappa shape index (κ2) is 6.18. The van der Waals surface area contributed by atoms with Gasteiger partial charge < -0.3 is 0 Å². The molecule has 82 valence electrons. The molecule has 0 atom stereocenters. The number of rotatable bonds is 3. The molecule has 0 saturated carbocycles. The monoisotopic (exact) mass is 233 g/mol. The van der Waals surface area contributed by atoms with Gasteiger partial charge in [0.05, 0.1) is 0 Å². The molecule has 1 heterocycles. The van der Waals surface area contributed by atoms with E-state index in [0.29, 0.717) is 12.8 Å². The Morgan fingerprint density at radius 1 is 1.19 bits per heavy atom. The van der Waals surface area contributed by atoms with E-state index in [0.717, 1.165) is 0 Å². The zero-order valence-corrected chi connectivity index (χ0v) is 11.8. The topological polar surface area (TPSA) is 75.3 Å². The van der Waals surface area contributed by atoms with Gasteiger partial charge in [0.25, 0.3) is 0 Å². The normalized spacial score (nSPS) is 19.0. The van der Waals surface area contributed by atoms with Crippen LogP contribution in [-0.4, -0.2) is 17.8 Å². The SMILES string of the molecule is C/C=C/CC1(CC)C(=O)NC(=O)NC1=O.[Na+]. The Bertz CT molecular complexity index is 319. The number of nitrogens with one attached hydrogen (secondary N) is 2. The molecule has 1 aliphatic rings. The summed E-state index contributed by atoms with van der Waals surface area (Å²) >= 11 is 0. The van der Waals surface area contributed by atoms with Crippen molar-refractivity contribution < 1.29 is 43.9 Å². The van der Waals surface area contributed by atoms with Crippen LogP contribution < -0.4 is 40.2 Å². The smallest absolute Gasteiger partial charge is 0.277 e. The minimum atomic E-state index is -1.14. The van der Waals surface area contributed by atoms with E-state index < -0.39 is 23.3 Å². The van der Waals surface area contributed by atoms with Crippen molar-refractivity contribution in [1.82, 2.24) is 10.6 Å². The van der Waals surface area contributed by atoms with E-state index in [-0.39, 0.29) is 29.6 Å². The van der Waals surface area contributed by atoms with Crippen molar-refractivity contribution >= 4 is 17.8 Å². The third kappa shape index (κ3) is 2.72. The molecule has 0 radical (unpaired) electrons. The van der Waals surface area contributed by atoms with Crippen molar-refractivity contribution in [2.45, 2.75) is 26.7 Å². The molecule has 16 heavy (non-hydrogen) atoms. The molecule has 0 aliphatic carbocycles. The van der Waals surface area contributed by atoms with Crippen molar-refractivity contribution in [1.29, 1.82) is 0 Å². The molecule has 4 amide bonds.